The molecule has 1 aromatic carbocycles. The Labute approximate surface area is 143 Å². The second kappa shape index (κ2) is 7.41. The third-order valence-electron chi connectivity index (χ3n) is 3.27. The first-order valence-electron chi connectivity index (χ1n) is 7.50. The van der Waals surface area contributed by atoms with Crippen LogP contribution in [0.2, 0.25) is 0 Å². The number of aliphatic hydroxyl groups excluding tert-OH is 1. The molecule has 0 aliphatic rings. The van der Waals surface area contributed by atoms with Gasteiger partial charge < -0.3 is 16.2 Å². The Bertz CT molecular complexity index is 829. The summed E-state index contributed by atoms with van der Waals surface area (Å²) in [7, 11) is 0. The maximum atomic E-state index is 9.27. The summed E-state index contributed by atoms with van der Waals surface area (Å²) in [5.74, 6) is 1.60. The Balaban J connectivity index is 1.92. The van der Waals surface area contributed by atoms with Gasteiger partial charge in [-0.1, -0.05) is 42.1 Å². The van der Waals surface area contributed by atoms with Gasteiger partial charge in [-0.05, 0) is 12.5 Å². The van der Waals surface area contributed by atoms with Crippen LogP contribution in [0.3, 0.4) is 0 Å². The topological polar surface area (TPSA) is 110 Å². The minimum atomic E-state index is -0.158. The molecule has 0 aliphatic carbocycles. The first-order valence-corrected chi connectivity index (χ1v) is 8.48. The van der Waals surface area contributed by atoms with Gasteiger partial charge in [0.05, 0.1) is 12.8 Å². The number of aliphatic hydroxyl groups is 1. The zero-order valence-corrected chi connectivity index (χ0v) is 14.0. The van der Waals surface area contributed by atoms with Gasteiger partial charge in [0.1, 0.15) is 5.82 Å². The van der Waals surface area contributed by atoms with Crippen molar-refractivity contribution in [2.75, 3.05) is 17.7 Å². The predicted octanol–water partition coefficient (Wildman–Crippen LogP) is 2.09. The molecular weight excluding hydrogens is 324 g/mol. The first kappa shape index (κ1) is 16.4. The summed E-state index contributed by atoms with van der Waals surface area (Å²) in [6.45, 7) is 1.84. The molecule has 3 aromatic rings. The summed E-state index contributed by atoms with van der Waals surface area (Å²) < 4.78 is 0. The summed E-state index contributed by atoms with van der Waals surface area (Å²) >= 11 is 1.51. The molecule has 124 valence electrons. The number of nitrogens with zero attached hydrogens (tertiary/aromatic N) is 4. The second-order valence-electron chi connectivity index (χ2n) is 5.32. The zero-order chi connectivity index (χ0) is 16.9. The normalized spacial score (nSPS) is 12.2. The van der Waals surface area contributed by atoms with Crippen LogP contribution in [-0.4, -0.2) is 37.7 Å². The average molecular weight is 342 g/mol. The van der Waals surface area contributed by atoms with E-state index in [2.05, 4.69) is 37.4 Å². The Morgan fingerprint density at radius 3 is 2.75 bits per heavy atom. The van der Waals surface area contributed by atoms with E-state index in [1.165, 1.54) is 23.5 Å². The number of thioether (sulfide) groups is 1. The molecule has 2 heterocycles. The summed E-state index contributed by atoms with van der Waals surface area (Å²) in [5.41, 5.74) is 7.87. The molecule has 0 amide bonds. The highest BCUT2D eigenvalue weighted by Crippen LogP contribution is 2.25. The van der Waals surface area contributed by atoms with Gasteiger partial charge in [0.15, 0.2) is 22.1 Å². The van der Waals surface area contributed by atoms with Crippen molar-refractivity contribution >= 4 is 34.6 Å². The van der Waals surface area contributed by atoms with Crippen molar-refractivity contribution < 1.29 is 5.11 Å². The van der Waals surface area contributed by atoms with Gasteiger partial charge >= 0.3 is 0 Å². The van der Waals surface area contributed by atoms with E-state index in [4.69, 9.17) is 5.73 Å². The third-order valence-corrected chi connectivity index (χ3v) is 4.19. The number of rotatable bonds is 6. The lowest BCUT2D eigenvalue weighted by atomic mass is 10.2. The van der Waals surface area contributed by atoms with E-state index in [0.717, 1.165) is 5.75 Å². The first-order chi connectivity index (χ1) is 11.7. The summed E-state index contributed by atoms with van der Waals surface area (Å²) in [6.07, 6.45) is 1.47. The van der Waals surface area contributed by atoms with Gasteiger partial charge in [-0.15, -0.1) is 0 Å². The van der Waals surface area contributed by atoms with Crippen LogP contribution in [0, 0.1) is 0 Å². The molecule has 0 radical (unpaired) electrons. The van der Waals surface area contributed by atoms with Crippen LogP contribution in [0.25, 0.3) is 11.2 Å². The van der Waals surface area contributed by atoms with E-state index in [0.29, 0.717) is 28.0 Å². The van der Waals surface area contributed by atoms with Crippen LogP contribution in [0.5, 0.6) is 0 Å². The predicted molar refractivity (Wildman–Crippen MR) is 95.7 cm³/mol. The van der Waals surface area contributed by atoms with Crippen molar-refractivity contribution in [2.24, 2.45) is 0 Å². The van der Waals surface area contributed by atoms with Gasteiger partial charge in [-0.3, -0.25) is 0 Å². The van der Waals surface area contributed by atoms with Crippen molar-refractivity contribution in [2.45, 2.75) is 23.9 Å². The van der Waals surface area contributed by atoms with E-state index in [1.807, 2.05) is 25.1 Å². The van der Waals surface area contributed by atoms with Gasteiger partial charge in [-0.2, -0.15) is 0 Å². The van der Waals surface area contributed by atoms with E-state index >= 15 is 0 Å². The zero-order valence-electron chi connectivity index (χ0n) is 13.2. The minimum Gasteiger partial charge on any atom is -0.394 e. The minimum absolute atomic E-state index is 0.0135. The number of aromatic nitrogens is 4. The van der Waals surface area contributed by atoms with E-state index < -0.39 is 0 Å². The van der Waals surface area contributed by atoms with Gasteiger partial charge in [0.25, 0.3) is 0 Å². The molecule has 0 fully saturated rings. The quantitative estimate of drug-likeness (QED) is 0.461. The molecule has 0 aliphatic heterocycles. The number of anilines is 2. The second-order valence-corrected chi connectivity index (χ2v) is 6.27. The van der Waals surface area contributed by atoms with Crippen molar-refractivity contribution in [3.05, 3.63) is 42.1 Å². The van der Waals surface area contributed by atoms with E-state index in [-0.39, 0.29) is 12.6 Å². The maximum absolute atomic E-state index is 9.27. The van der Waals surface area contributed by atoms with Gasteiger partial charge in [-0.25, -0.2) is 19.9 Å². The molecular formula is C16H18N6OS. The Morgan fingerprint density at radius 1 is 1.21 bits per heavy atom. The Hall–Kier alpha value is -2.45. The third kappa shape index (κ3) is 3.90. The fourth-order valence-electron chi connectivity index (χ4n) is 2.07. The lowest BCUT2D eigenvalue weighted by Gasteiger charge is -2.13. The van der Waals surface area contributed by atoms with Crippen LogP contribution in [0.1, 0.15) is 12.5 Å². The molecule has 0 bridgehead atoms. The van der Waals surface area contributed by atoms with Crippen LogP contribution >= 0.6 is 11.8 Å². The number of nitrogen functional groups attached to an aromatic ring is 1. The van der Waals surface area contributed by atoms with E-state index in [1.54, 1.807) is 0 Å². The van der Waals surface area contributed by atoms with E-state index in [9.17, 15) is 5.11 Å². The standard InChI is InChI=1S/C16H18N6OS/c1-10(8-23)19-14-13-15(20-12(17)7-18-13)22-16(21-14)24-9-11-5-3-2-4-6-11/h2-7,10,23H,8-9H2,1H3,(H3,17,19,20,21,22)/t10-/m1/s1. The lowest BCUT2D eigenvalue weighted by molar-refractivity contribution is 0.281. The van der Waals surface area contributed by atoms with Gasteiger partial charge in [0.2, 0.25) is 0 Å². The highest BCUT2D eigenvalue weighted by Gasteiger charge is 2.13. The number of nitrogens with one attached hydrogen (secondary N) is 1. The maximum Gasteiger partial charge on any atom is 0.192 e. The molecule has 8 heteroatoms. The van der Waals surface area contributed by atoms with Crippen molar-refractivity contribution in [3.63, 3.8) is 0 Å². The number of nitrogens with two attached hydrogens (primary N) is 1. The molecule has 0 saturated carbocycles. The smallest absolute Gasteiger partial charge is 0.192 e. The molecule has 7 nitrogen and oxygen atoms in total. The molecule has 0 unspecified atom stereocenters. The van der Waals surface area contributed by atoms with Crippen LogP contribution in [0.4, 0.5) is 11.6 Å². The largest absolute Gasteiger partial charge is 0.394 e. The highest BCUT2D eigenvalue weighted by molar-refractivity contribution is 7.98. The molecule has 24 heavy (non-hydrogen) atoms. The van der Waals surface area contributed by atoms with Crippen LogP contribution < -0.4 is 11.1 Å². The molecule has 0 saturated heterocycles. The molecule has 3 rings (SSSR count). The fourth-order valence-corrected chi connectivity index (χ4v) is 2.86. The monoisotopic (exact) mass is 342 g/mol. The summed E-state index contributed by atoms with van der Waals surface area (Å²) in [6, 6.07) is 9.93. The number of benzene rings is 1. The highest BCUT2D eigenvalue weighted by atomic mass is 32.2. The molecule has 2 aromatic heterocycles. The molecule has 0 spiro atoms. The Kier molecular flexibility index (Phi) is 5.07. The summed E-state index contributed by atoms with van der Waals surface area (Å²) in [4.78, 5) is 17.5. The summed E-state index contributed by atoms with van der Waals surface area (Å²) in [5, 5.41) is 13.0. The lowest BCUT2D eigenvalue weighted by Crippen LogP contribution is -2.21. The van der Waals surface area contributed by atoms with Crippen LogP contribution in [0.15, 0.2) is 41.7 Å². The number of fused-ring (bicyclic) bond motifs is 1. The van der Waals surface area contributed by atoms with Crippen molar-refractivity contribution in [1.29, 1.82) is 0 Å². The van der Waals surface area contributed by atoms with Crippen molar-refractivity contribution in [1.82, 2.24) is 19.9 Å². The van der Waals surface area contributed by atoms with Crippen LogP contribution in [-0.2, 0) is 5.75 Å². The molecule has 4 N–H and O–H groups in total. The van der Waals surface area contributed by atoms with Crippen molar-refractivity contribution in [3.8, 4) is 0 Å². The SMILES string of the molecule is C[C@H](CO)Nc1nc(SCc2ccccc2)nc2nc(N)cnc12. The van der Waals surface area contributed by atoms with Gasteiger partial charge in [0, 0.05) is 11.8 Å². The number of hydrogen-bond acceptors (Lipinski definition) is 8. The fraction of sp³-hybridized carbons (Fsp3) is 0.250. The Morgan fingerprint density at radius 2 is 2.00 bits per heavy atom. The molecule has 1 atom stereocenters. The average Bonchev–Trinajstić information content (AvgIpc) is 2.60. The number of hydrogen-bond donors (Lipinski definition) is 3.